The van der Waals surface area contributed by atoms with E-state index in [1.165, 1.54) is 0 Å². The largest absolute Gasteiger partial charge is 0.495 e. The molecule has 3 heteroatoms. The number of rotatable bonds is 2. The van der Waals surface area contributed by atoms with Crippen molar-refractivity contribution >= 4 is 0 Å². The SMILES string of the molecule is C#Cc1ccc(-c2ccc3c(c2)OCCO3)cc1OC. The summed E-state index contributed by atoms with van der Waals surface area (Å²) in [7, 11) is 1.61. The van der Waals surface area contributed by atoms with Gasteiger partial charge in [-0.3, -0.25) is 0 Å². The molecule has 1 aliphatic rings. The number of benzene rings is 2. The molecule has 0 N–H and O–H groups in total. The van der Waals surface area contributed by atoms with Gasteiger partial charge < -0.3 is 14.2 Å². The maximum Gasteiger partial charge on any atom is 0.161 e. The van der Waals surface area contributed by atoms with Gasteiger partial charge in [-0.2, -0.15) is 0 Å². The smallest absolute Gasteiger partial charge is 0.161 e. The molecule has 20 heavy (non-hydrogen) atoms. The van der Waals surface area contributed by atoms with Gasteiger partial charge in [0.2, 0.25) is 0 Å². The van der Waals surface area contributed by atoms with Crippen LogP contribution < -0.4 is 14.2 Å². The summed E-state index contributed by atoms with van der Waals surface area (Å²) in [5.74, 6) is 4.86. The lowest BCUT2D eigenvalue weighted by Crippen LogP contribution is -2.15. The van der Waals surface area contributed by atoms with Crippen molar-refractivity contribution in [1.29, 1.82) is 0 Å². The zero-order chi connectivity index (χ0) is 13.9. The van der Waals surface area contributed by atoms with Crippen LogP contribution in [0, 0.1) is 12.3 Å². The second-order valence-electron chi connectivity index (χ2n) is 4.42. The summed E-state index contributed by atoms with van der Waals surface area (Å²) in [6.45, 7) is 1.17. The van der Waals surface area contributed by atoms with Gasteiger partial charge in [0, 0.05) is 0 Å². The molecule has 3 nitrogen and oxygen atoms in total. The second kappa shape index (κ2) is 5.18. The second-order valence-corrected chi connectivity index (χ2v) is 4.42. The summed E-state index contributed by atoms with van der Waals surface area (Å²) in [6, 6.07) is 11.7. The molecule has 0 radical (unpaired) electrons. The Labute approximate surface area is 118 Å². The highest BCUT2D eigenvalue weighted by Gasteiger charge is 2.13. The maximum atomic E-state index is 5.60. The van der Waals surface area contributed by atoms with Gasteiger partial charge in [0.1, 0.15) is 19.0 Å². The molecular weight excluding hydrogens is 252 g/mol. The van der Waals surface area contributed by atoms with Crippen LogP contribution in [0.3, 0.4) is 0 Å². The molecule has 1 heterocycles. The Morgan fingerprint density at radius 1 is 1.00 bits per heavy atom. The highest BCUT2D eigenvalue weighted by Crippen LogP contribution is 2.35. The zero-order valence-corrected chi connectivity index (χ0v) is 11.2. The number of ether oxygens (including phenoxy) is 3. The summed E-state index contributed by atoms with van der Waals surface area (Å²) in [5, 5.41) is 0. The number of hydrogen-bond donors (Lipinski definition) is 0. The van der Waals surface area contributed by atoms with Crippen LogP contribution in [0.4, 0.5) is 0 Å². The number of methoxy groups -OCH3 is 1. The molecule has 0 spiro atoms. The zero-order valence-electron chi connectivity index (χ0n) is 11.2. The van der Waals surface area contributed by atoms with Crippen molar-refractivity contribution in [1.82, 2.24) is 0 Å². The third-order valence-electron chi connectivity index (χ3n) is 3.23. The van der Waals surface area contributed by atoms with E-state index in [1.54, 1.807) is 7.11 Å². The van der Waals surface area contributed by atoms with Crippen molar-refractivity contribution in [2.75, 3.05) is 20.3 Å². The van der Waals surface area contributed by atoms with Gasteiger partial charge in [-0.1, -0.05) is 18.1 Å². The monoisotopic (exact) mass is 266 g/mol. The molecule has 3 rings (SSSR count). The highest BCUT2D eigenvalue weighted by atomic mass is 16.6. The quantitative estimate of drug-likeness (QED) is 0.782. The Morgan fingerprint density at radius 2 is 1.70 bits per heavy atom. The summed E-state index contributed by atoms with van der Waals surface area (Å²) in [4.78, 5) is 0. The van der Waals surface area contributed by atoms with Crippen LogP contribution in [0.2, 0.25) is 0 Å². The summed E-state index contributed by atoms with van der Waals surface area (Å²) in [6.07, 6.45) is 5.44. The lowest BCUT2D eigenvalue weighted by molar-refractivity contribution is 0.171. The van der Waals surface area contributed by atoms with Crippen LogP contribution >= 0.6 is 0 Å². The molecule has 0 fully saturated rings. The molecule has 0 amide bonds. The van der Waals surface area contributed by atoms with E-state index < -0.39 is 0 Å². The predicted molar refractivity (Wildman–Crippen MR) is 77.4 cm³/mol. The highest BCUT2D eigenvalue weighted by molar-refractivity contribution is 5.70. The summed E-state index contributed by atoms with van der Waals surface area (Å²) >= 11 is 0. The third kappa shape index (κ3) is 2.17. The lowest BCUT2D eigenvalue weighted by Gasteiger charge is -2.19. The van der Waals surface area contributed by atoms with Crippen LogP contribution in [0.25, 0.3) is 11.1 Å². The molecule has 0 aliphatic carbocycles. The molecule has 0 saturated carbocycles. The van der Waals surface area contributed by atoms with E-state index in [4.69, 9.17) is 20.6 Å². The van der Waals surface area contributed by atoms with E-state index in [0.29, 0.717) is 19.0 Å². The van der Waals surface area contributed by atoms with Crippen molar-refractivity contribution in [2.45, 2.75) is 0 Å². The fourth-order valence-electron chi connectivity index (χ4n) is 2.21. The van der Waals surface area contributed by atoms with Crippen LogP contribution in [-0.2, 0) is 0 Å². The van der Waals surface area contributed by atoms with Gasteiger partial charge >= 0.3 is 0 Å². The molecule has 100 valence electrons. The van der Waals surface area contributed by atoms with Gasteiger partial charge in [0.15, 0.2) is 11.5 Å². The minimum Gasteiger partial charge on any atom is -0.495 e. The molecule has 0 aromatic heterocycles. The lowest BCUT2D eigenvalue weighted by atomic mass is 10.0. The average molecular weight is 266 g/mol. The fourth-order valence-corrected chi connectivity index (χ4v) is 2.21. The van der Waals surface area contributed by atoms with Gasteiger partial charge in [0.25, 0.3) is 0 Å². The molecule has 0 unspecified atom stereocenters. The van der Waals surface area contributed by atoms with E-state index in [-0.39, 0.29) is 0 Å². The topological polar surface area (TPSA) is 27.7 Å². The molecular formula is C17H14O3. The first kappa shape index (κ1) is 12.4. The first-order valence-corrected chi connectivity index (χ1v) is 6.36. The standard InChI is InChI=1S/C17H14O3/c1-3-12-4-5-13(10-16(12)18-2)14-6-7-15-17(11-14)20-9-8-19-15/h1,4-7,10-11H,8-9H2,2H3. The summed E-state index contributed by atoms with van der Waals surface area (Å²) in [5.41, 5.74) is 2.81. The van der Waals surface area contributed by atoms with E-state index in [9.17, 15) is 0 Å². The van der Waals surface area contributed by atoms with Crippen molar-refractivity contribution in [3.8, 4) is 40.7 Å². The van der Waals surface area contributed by atoms with Gasteiger partial charge in [-0.05, 0) is 35.4 Å². The van der Waals surface area contributed by atoms with Crippen molar-refractivity contribution in [3.63, 3.8) is 0 Å². The number of terminal acetylenes is 1. The van der Waals surface area contributed by atoms with Crippen LogP contribution in [-0.4, -0.2) is 20.3 Å². The minimum atomic E-state index is 0.579. The molecule has 0 saturated heterocycles. The van der Waals surface area contributed by atoms with Crippen LogP contribution in [0.15, 0.2) is 36.4 Å². The molecule has 1 aliphatic heterocycles. The van der Waals surface area contributed by atoms with Crippen LogP contribution in [0.1, 0.15) is 5.56 Å². The van der Waals surface area contributed by atoms with Gasteiger partial charge in [-0.25, -0.2) is 0 Å². The third-order valence-corrected chi connectivity index (χ3v) is 3.23. The van der Waals surface area contributed by atoms with Crippen LogP contribution in [0.5, 0.6) is 17.2 Å². The molecule has 0 bridgehead atoms. The summed E-state index contributed by atoms with van der Waals surface area (Å²) < 4.78 is 16.4. The van der Waals surface area contributed by atoms with E-state index >= 15 is 0 Å². The Bertz CT molecular complexity index is 683. The number of fused-ring (bicyclic) bond motifs is 1. The Hall–Kier alpha value is -2.60. The maximum absolute atomic E-state index is 5.60. The Balaban J connectivity index is 2.03. The van der Waals surface area contributed by atoms with Crippen molar-refractivity contribution in [3.05, 3.63) is 42.0 Å². The van der Waals surface area contributed by atoms with E-state index in [1.807, 2.05) is 36.4 Å². The minimum absolute atomic E-state index is 0.579. The predicted octanol–water partition coefficient (Wildman–Crippen LogP) is 3.11. The van der Waals surface area contributed by atoms with Gasteiger partial charge in [0.05, 0.1) is 12.7 Å². The molecule has 2 aromatic rings. The molecule has 2 aromatic carbocycles. The Kier molecular flexibility index (Phi) is 3.22. The normalized spacial score (nSPS) is 12.6. The first-order valence-electron chi connectivity index (χ1n) is 6.36. The van der Waals surface area contributed by atoms with Crippen molar-refractivity contribution < 1.29 is 14.2 Å². The average Bonchev–Trinajstić information content (AvgIpc) is 2.53. The molecule has 0 atom stereocenters. The van der Waals surface area contributed by atoms with Gasteiger partial charge in [-0.15, -0.1) is 6.42 Å². The first-order chi connectivity index (χ1) is 9.81. The Morgan fingerprint density at radius 3 is 2.45 bits per heavy atom. The van der Waals surface area contributed by atoms with Crippen molar-refractivity contribution in [2.24, 2.45) is 0 Å². The van der Waals surface area contributed by atoms with E-state index in [2.05, 4.69) is 5.92 Å². The number of hydrogen-bond acceptors (Lipinski definition) is 3. The fraction of sp³-hybridized carbons (Fsp3) is 0.176. The van der Waals surface area contributed by atoms with E-state index in [0.717, 1.165) is 28.2 Å².